The molecule has 0 aliphatic heterocycles. The summed E-state index contributed by atoms with van der Waals surface area (Å²) >= 11 is 4.98. The van der Waals surface area contributed by atoms with E-state index in [-0.39, 0.29) is 5.03 Å². The van der Waals surface area contributed by atoms with Crippen LogP contribution in [0.25, 0.3) is 0 Å². The molecule has 0 radical (unpaired) electrons. The highest BCUT2D eigenvalue weighted by molar-refractivity contribution is 6.40. The van der Waals surface area contributed by atoms with Crippen LogP contribution in [0.2, 0.25) is 0 Å². The Morgan fingerprint density at radius 3 is 2.29 bits per heavy atom. The highest BCUT2D eigenvalue weighted by atomic mass is 35.5. The van der Waals surface area contributed by atoms with Crippen molar-refractivity contribution in [3.05, 3.63) is 11.6 Å². The molecule has 0 fully saturated rings. The van der Waals surface area contributed by atoms with Crippen LogP contribution in [-0.2, 0) is 9.63 Å². The van der Waals surface area contributed by atoms with E-state index < -0.39 is 5.97 Å². The highest BCUT2D eigenvalue weighted by Gasteiger charge is 1.99. The summed E-state index contributed by atoms with van der Waals surface area (Å²) in [4.78, 5) is 13.6. The van der Waals surface area contributed by atoms with Crippen molar-refractivity contribution in [1.82, 2.24) is 0 Å². The molecule has 2 N–H and O–H groups in total. The molecule has 0 atom stereocenters. The average molecular weight is 122 g/mol. The van der Waals surface area contributed by atoms with Crippen molar-refractivity contribution in [2.45, 2.75) is 0 Å². The minimum atomic E-state index is -0.804. The van der Waals surface area contributed by atoms with Gasteiger partial charge in [0, 0.05) is 0 Å². The van der Waals surface area contributed by atoms with Gasteiger partial charge < -0.3 is 4.84 Å². The smallest absolute Gasteiger partial charge is 0.367 e. The first-order chi connectivity index (χ1) is 3.18. The lowest BCUT2D eigenvalue weighted by Gasteiger charge is -1.88. The monoisotopic (exact) mass is 121 g/mol. The molecule has 0 aromatic carbocycles. The molecule has 7 heavy (non-hydrogen) atoms. The van der Waals surface area contributed by atoms with Gasteiger partial charge in [0.05, 0.1) is 0 Å². The van der Waals surface area contributed by atoms with Gasteiger partial charge in [0.25, 0.3) is 0 Å². The molecule has 0 saturated carbocycles. The van der Waals surface area contributed by atoms with Crippen molar-refractivity contribution >= 4 is 17.6 Å². The predicted octanol–water partition coefficient (Wildman–Crippen LogP) is 0.156. The molecule has 0 rings (SSSR count). The number of hydrogen-bond donors (Lipinski definition) is 1. The Morgan fingerprint density at radius 2 is 2.29 bits per heavy atom. The van der Waals surface area contributed by atoms with Crippen LogP contribution in [0.1, 0.15) is 0 Å². The van der Waals surface area contributed by atoms with Gasteiger partial charge in [-0.3, -0.25) is 0 Å². The van der Waals surface area contributed by atoms with Crippen molar-refractivity contribution < 1.29 is 9.63 Å². The molecule has 0 aromatic rings. The SMILES string of the molecule is C=C(Cl)C(=O)ON. The third-order valence-electron chi connectivity index (χ3n) is 0.329. The van der Waals surface area contributed by atoms with Gasteiger partial charge in [0.15, 0.2) is 0 Å². The summed E-state index contributed by atoms with van der Waals surface area (Å²) in [6, 6.07) is 0. The molecule has 40 valence electrons. The molecule has 0 saturated heterocycles. The molecule has 4 heteroatoms. The molecule has 3 nitrogen and oxygen atoms in total. The van der Waals surface area contributed by atoms with Gasteiger partial charge in [0.2, 0.25) is 0 Å². The summed E-state index contributed by atoms with van der Waals surface area (Å²) in [6.45, 7) is 3.04. The molecule has 0 amide bonds. The maximum atomic E-state index is 9.93. The van der Waals surface area contributed by atoms with Crippen molar-refractivity contribution in [1.29, 1.82) is 0 Å². The summed E-state index contributed by atoms with van der Waals surface area (Å²) in [5.74, 6) is 3.57. The Morgan fingerprint density at radius 1 is 1.86 bits per heavy atom. The van der Waals surface area contributed by atoms with E-state index in [9.17, 15) is 4.79 Å². The highest BCUT2D eigenvalue weighted by Crippen LogP contribution is 1.95. The summed E-state index contributed by atoms with van der Waals surface area (Å²) in [6.07, 6.45) is 0. The lowest BCUT2D eigenvalue weighted by molar-refractivity contribution is -0.138. The fraction of sp³-hybridized carbons (Fsp3) is 0. The number of carbonyl (C=O) groups is 1. The van der Waals surface area contributed by atoms with Crippen molar-refractivity contribution in [3.63, 3.8) is 0 Å². The lowest BCUT2D eigenvalue weighted by Crippen LogP contribution is -2.08. The molecule has 0 aromatic heterocycles. The number of carbonyl (C=O) groups excluding carboxylic acids is 1. The number of halogens is 1. The predicted molar refractivity (Wildman–Crippen MR) is 25.3 cm³/mol. The number of hydrogen-bond acceptors (Lipinski definition) is 3. The molecule has 0 spiro atoms. The summed E-state index contributed by atoms with van der Waals surface area (Å²) in [5.41, 5.74) is 0. The second kappa shape index (κ2) is 2.60. The zero-order valence-electron chi connectivity index (χ0n) is 3.48. The van der Waals surface area contributed by atoms with Crippen LogP contribution < -0.4 is 5.90 Å². The van der Waals surface area contributed by atoms with Gasteiger partial charge >= 0.3 is 5.97 Å². The fourth-order valence-electron chi connectivity index (χ4n) is 0.0639. The van der Waals surface area contributed by atoms with E-state index in [4.69, 9.17) is 11.6 Å². The summed E-state index contributed by atoms with van der Waals surface area (Å²) in [7, 11) is 0. The topological polar surface area (TPSA) is 52.3 Å². The molecule has 0 bridgehead atoms. The Labute approximate surface area is 45.7 Å². The van der Waals surface area contributed by atoms with Crippen molar-refractivity contribution in [3.8, 4) is 0 Å². The normalized spacial score (nSPS) is 7.71. The molecular weight excluding hydrogens is 117 g/mol. The fourth-order valence-corrected chi connectivity index (χ4v) is 0.108. The molecule has 0 aliphatic rings. The Hall–Kier alpha value is -0.540. The first-order valence-corrected chi connectivity index (χ1v) is 1.81. The largest absolute Gasteiger partial charge is 0.369 e. The minimum absolute atomic E-state index is 0.220. The Kier molecular flexibility index (Phi) is 2.40. The lowest BCUT2D eigenvalue weighted by atomic mass is 10.7. The second-order valence-corrected chi connectivity index (χ2v) is 1.27. The zero-order valence-corrected chi connectivity index (χ0v) is 4.23. The van der Waals surface area contributed by atoms with Gasteiger partial charge in [-0.15, -0.1) is 0 Å². The van der Waals surface area contributed by atoms with Crippen LogP contribution in [-0.4, -0.2) is 5.97 Å². The van der Waals surface area contributed by atoms with E-state index in [1.807, 2.05) is 0 Å². The molecule has 0 aliphatic carbocycles. The van der Waals surface area contributed by atoms with E-state index in [1.54, 1.807) is 0 Å². The van der Waals surface area contributed by atoms with Crippen LogP contribution in [0.5, 0.6) is 0 Å². The summed E-state index contributed by atoms with van der Waals surface area (Å²) in [5, 5.41) is -0.220. The zero-order chi connectivity index (χ0) is 5.86. The third kappa shape index (κ3) is 2.19. The number of rotatable bonds is 1. The summed E-state index contributed by atoms with van der Waals surface area (Å²) < 4.78 is 0. The average Bonchev–Trinajstić information content (AvgIpc) is 1.65. The standard InChI is InChI=1S/C3H4ClNO2/c1-2(4)3(6)7-5/h1,5H2. The Balaban J connectivity index is 3.58. The van der Waals surface area contributed by atoms with Gasteiger partial charge in [-0.2, -0.15) is 5.90 Å². The first-order valence-electron chi connectivity index (χ1n) is 1.44. The number of nitrogens with two attached hydrogens (primary N) is 1. The Bertz CT molecular complexity index is 101. The first kappa shape index (κ1) is 6.46. The van der Waals surface area contributed by atoms with Gasteiger partial charge in [-0.05, 0) is 0 Å². The molecule has 0 heterocycles. The van der Waals surface area contributed by atoms with Crippen LogP contribution in [0.3, 0.4) is 0 Å². The van der Waals surface area contributed by atoms with Gasteiger partial charge in [0.1, 0.15) is 5.03 Å². The quantitative estimate of drug-likeness (QED) is 0.397. The van der Waals surface area contributed by atoms with Crippen molar-refractivity contribution in [2.75, 3.05) is 0 Å². The maximum absolute atomic E-state index is 9.93. The second-order valence-electron chi connectivity index (χ2n) is 0.810. The van der Waals surface area contributed by atoms with Gasteiger partial charge in [-0.25, -0.2) is 4.79 Å². The van der Waals surface area contributed by atoms with Crippen LogP contribution in [0.4, 0.5) is 0 Å². The molecular formula is C3H4ClNO2. The maximum Gasteiger partial charge on any atom is 0.367 e. The van der Waals surface area contributed by atoms with E-state index in [0.29, 0.717) is 0 Å². The minimum Gasteiger partial charge on any atom is -0.369 e. The van der Waals surface area contributed by atoms with Crippen LogP contribution in [0, 0.1) is 0 Å². The van der Waals surface area contributed by atoms with Crippen molar-refractivity contribution in [2.24, 2.45) is 5.90 Å². The van der Waals surface area contributed by atoms with E-state index >= 15 is 0 Å². The van der Waals surface area contributed by atoms with Crippen LogP contribution >= 0.6 is 11.6 Å². The third-order valence-corrected chi connectivity index (χ3v) is 0.483. The van der Waals surface area contributed by atoms with Crippen LogP contribution in [0.15, 0.2) is 11.6 Å². The van der Waals surface area contributed by atoms with E-state index in [2.05, 4.69) is 17.3 Å². The molecule has 0 unspecified atom stereocenters. The van der Waals surface area contributed by atoms with E-state index in [0.717, 1.165) is 0 Å². The van der Waals surface area contributed by atoms with E-state index in [1.165, 1.54) is 0 Å². The van der Waals surface area contributed by atoms with Gasteiger partial charge in [-0.1, -0.05) is 18.2 Å².